The molecule has 0 bridgehead atoms. The van der Waals surface area contributed by atoms with E-state index in [0.29, 0.717) is 17.3 Å². The van der Waals surface area contributed by atoms with Crippen LogP contribution in [0.1, 0.15) is 40.0 Å². The van der Waals surface area contributed by atoms with E-state index >= 15 is 0 Å². The standard InChI is InChI=1S/C16H23ClN2O2/c1-4-5-8-11-18-14(20)16(2,3)15(21)19-13-10-7-6-9-12(13)17/h6-7,9-10H,4-5,8,11H2,1-3H3,(H,18,20)(H,19,21). The highest BCUT2D eigenvalue weighted by atomic mass is 35.5. The molecule has 0 spiro atoms. The van der Waals surface area contributed by atoms with Crippen molar-refractivity contribution in [2.75, 3.05) is 11.9 Å². The van der Waals surface area contributed by atoms with Crippen LogP contribution in [0.25, 0.3) is 0 Å². The number of carbonyl (C=O) groups excluding carboxylic acids is 2. The molecule has 1 aromatic carbocycles. The largest absolute Gasteiger partial charge is 0.355 e. The van der Waals surface area contributed by atoms with Crippen LogP contribution in [-0.4, -0.2) is 18.4 Å². The minimum Gasteiger partial charge on any atom is -0.355 e. The number of hydrogen-bond donors (Lipinski definition) is 2. The van der Waals surface area contributed by atoms with Crippen molar-refractivity contribution in [3.63, 3.8) is 0 Å². The van der Waals surface area contributed by atoms with Gasteiger partial charge in [-0.2, -0.15) is 0 Å². The van der Waals surface area contributed by atoms with Gasteiger partial charge in [0, 0.05) is 6.54 Å². The average molecular weight is 311 g/mol. The van der Waals surface area contributed by atoms with Crippen LogP contribution in [0.5, 0.6) is 0 Å². The molecule has 1 rings (SSSR count). The predicted octanol–water partition coefficient (Wildman–Crippen LogP) is 3.61. The number of halogens is 1. The highest BCUT2D eigenvalue weighted by molar-refractivity contribution is 6.33. The SMILES string of the molecule is CCCCCNC(=O)C(C)(C)C(=O)Nc1ccccc1Cl. The van der Waals surface area contributed by atoms with E-state index in [1.807, 2.05) is 0 Å². The van der Waals surface area contributed by atoms with Crippen molar-refractivity contribution in [3.8, 4) is 0 Å². The molecular weight excluding hydrogens is 288 g/mol. The summed E-state index contributed by atoms with van der Waals surface area (Å²) in [7, 11) is 0. The Bertz CT molecular complexity index is 501. The molecular formula is C16H23ClN2O2. The van der Waals surface area contributed by atoms with Gasteiger partial charge in [-0.15, -0.1) is 0 Å². The van der Waals surface area contributed by atoms with E-state index in [4.69, 9.17) is 11.6 Å². The number of para-hydroxylation sites is 1. The fourth-order valence-electron chi connectivity index (χ4n) is 1.74. The van der Waals surface area contributed by atoms with Crippen molar-refractivity contribution in [1.82, 2.24) is 5.32 Å². The van der Waals surface area contributed by atoms with Crippen LogP contribution in [0.4, 0.5) is 5.69 Å². The Kier molecular flexibility index (Phi) is 6.69. The van der Waals surface area contributed by atoms with Crippen molar-refractivity contribution in [1.29, 1.82) is 0 Å². The lowest BCUT2D eigenvalue weighted by Crippen LogP contribution is -2.45. The van der Waals surface area contributed by atoms with Crippen molar-refractivity contribution in [2.24, 2.45) is 5.41 Å². The van der Waals surface area contributed by atoms with Crippen LogP contribution in [0.15, 0.2) is 24.3 Å². The first-order valence-electron chi connectivity index (χ1n) is 7.24. The van der Waals surface area contributed by atoms with Crippen LogP contribution in [0.3, 0.4) is 0 Å². The van der Waals surface area contributed by atoms with Gasteiger partial charge in [0.2, 0.25) is 11.8 Å². The molecule has 21 heavy (non-hydrogen) atoms. The molecule has 116 valence electrons. The lowest BCUT2D eigenvalue weighted by Gasteiger charge is -2.23. The summed E-state index contributed by atoms with van der Waals surface area (Å²) in [6, 6.07) is 6.95. The Labute approximate surface area is 131 Å². The van der Waals surface area contributed by atoms with Gasteiger partial charge in [0.05, 0.1) is 10.7 Å². The molecule has 0 fully saturated rings. The monoisotopic (exact) mass is 310 g/mol. The summed E-state index contributed by atoms with van der Waals surface area (Å²) in [4.78, 5) is 24.4. The van der Waals surface area contributed by atoms with Gasteiger partial charge < -0.3 is 10.6 Å². The van der Waals surface area contributed by atoms with E-state index in [9.17, 15) is 9.59 Å². The predicted molar refractivity (Wildman–Crippen MR) is 86.4 cm³/mol. The number of carbonyl (C=O) groups is 2. The number of unbranched alkanes of at least 4 members (excludes halogenated alkanes) is 2. The quantitative estimate of drug-likeness (QED) is 0.597. The van der Waals surface area contributed by atoms with Crippen LogP contribution in [0.2, 0.25) is 5.02 Å². The summed E-state index contributed by atoms with van der Waals surface area (Å²) in [6.45, 7) is 5.90. The fourth-order valence-corrected chi connectivity index (χ4v) is 1.93. The first-order chi connectivity index (χ1) is 9.89. The zero-order chi connectivity index (χ0) is 15.9. The lowest BCUT2D eigenvalue weighted by atomic mass is 9.91. The summed E-state index contributed by atoms with van der Waals surface area (Å²) in [6.07, 6.45) is 3.07. The van der Waals surface area contributed by atoms with Gasteiger partial charge in [0.15, 0.2) is 0 Å². The molecule has 1 aromatic rings. The fraction of sp³-hybridized carbons (Fsp3) is 0.500. The topological polar surface area (TPSA) is 58.2 Å². The van der Waals surface area contributed by atoms with Gasteiger partial charge in [-0.25, -0.2) is 0 Å². The van der Waals surface area contributed by atoms with E-state index < -0.39 is 5.41 Å². The summed E-state index contributed by atoms with van der Waals surface area (Å²) in [5, 5.41) is 5.96. The molecule has 4 nitrogen and oxygen atoms in total. The number of hydrogen-bond acceptors (Lipinski definition) is 2. The van der Waals surface area contributed by atoms with E-state index in [-0.39, 0.29) is 11.8 Å². The number of benzene rings is 1. The molecule has 0 aliphatic heterocycles. The maximum Gasteiger partial charge on any atom is 0.239 e. The van der Waals surface area contributed by atoms with Crippen molar-refractivity contribution >= 4 is 29.1 Å². The first kappa shape index (κ1) is 17.5. The van der Waals surface area contributed by atoms with Gasteiger partial charge in [-0.05, 0) is 32.4 Å². The van der Waals surface area contributed by atoms with Gasteiger partial charge in [-0.3, -0.25) is 9.59 Å². The Hall–Kier alpha value is -1.55. The maximum absolute atomic E-state index is 12.3. The lowest BCUT2D eigenvalue weighted by molar-refractivity contribution is -0.138. The van der Waals surface area contributed by atoms with Gasteiger partial charge in [0.1, 0.15) is 5.41 Å². The third kappa shape index (κ3) is 5.05. The smallest absolute Gasteiger partial charge is 0.239 e. The maximum atomic E-state index is 12.3. The zero-order valence-corrected chi connectivity index (χ0v) is 13.6. The Morgan fingerprint density at radius 1 is 1.14 bits per heavy atom. The number of amides is 2. The third-order valence-electron chi connectivity index (χ3n) is 3.32. The number of rotatable bonds is 7. The van der Waals surface area contributed by atoms with E-state index in [1.54, 1.807) is 38.1 Å². The van der Waals surface area contributed by atoms with E-state index in [0.717, 1.165) is 19.3 Å². The van der Waals surface area contributed by atoms with Crippen LogP contribution in [0, 0.1) is 5.41 Å². The minimum atomic E-state index is -1.15. The normalized spacial score (nSPS) is 11.0. The van der Waals surface area contributed by atoms with Crippen LogP contribution >= 0.6 is 11.6 Å². The second-order valence-corrected chi connectivity index (χ2v) is 5.93. The molecule has 0 radical (unpaired) electrons. The van der Waals surface area contributed by atoms with Crippen LogP contribution in [-0.2, 0) is 9.59 Å². The molecule has 0 saturated carbocycles. The molecule has 5 heteroatoms. The van der Waals surface area contributed by atoms with Crippen molar-refractivity contribution < 1.29 is 9.59 Å². The second-order valence-electron chi connectivity index (χ2n) is 5.52. The molecule has 0 heterocycles. The van der Waals surface area contributed by atoms with E-state index in [1.165, 1.54) is 0 Å². The van der Waals surface area contributed by atoms with Gasteiger partial charge in [0.25, 0.3) is 0 Å². The van der Waals surface area contributed by atoms with E-state index in [2.05, 4.69) is 17.6 Å². The Balaban J connectivity index is 2.62. The molecule has 0 aliphatic carbocycles. The highest BCUT2D eigenvalue weighted by Crippen LogP contribution is 2.24. The Morgan fingerprint density at radius 2 is 1.81 bits per heavy atom. The zero-order valence-electron chi connectivity index (χ0n) is 12.8. The first-order valence-corrected chi connectivity index (χ1v) is 7.61. The molecule has 2 amide bonds. The molecule has 2 N–H and O–H groups in total. The summed E-state index contributed by atoms with van der Waals surface area (Å²) in [5.74, 6) is -0.647. The molecule has 0 aromatic heterocycles. The summed E-state index contributed by atoms with van der Waals surface area (Å²) < 4.78 is 0. The summed E-state index contributed by atoms with van der Waals surface area (Å²) >= 11 is 6.00. The average Bonchev–Trinajstić information content (AvgIpc) is 2.45. The van der Waals surface area contributed by atoms with Crippen molar-refractivity contribution in [2.45, 2.75) is 40.0 Å². The highest BCUT2D eigenvalue weighted by Gasteiger charge is 2.36. The minimum absolute atomic E-state index is 0.275. The Morgan fingerprint density at radius 3 is 2.43 bits per heavy atom. The van der Waals surface area contributed by atoms with Crippen molar-refractivity contribution in [3.05, 3.63) is 29.3 Å². The number of nitrogens with one attached hydrogen (secondary N) is 2. The molecule has 0 aliphatic rings. The molecule has 0 saturated heterocycles. The molecule has 0 unspecified atom stereocenters. The number of anilines is 1. The second kappa shape index (κ2) is 8.03. The van der Waals surface area contributed by atoms with Gasteiger partial charge >= 0.3 is 0 Å². The van der Waals surface area contributed by atoms with Gasteiger partial charge in [-0.1, -0.05) is 43.5 Å². The third-order valence-corrected chi connectivity index (χ3v) is 3.65. The molecule has 0 atom stereocenters. The van der Waals surface area contributed by atoms with Crippen LogP contribution < -0.4 is 10.6 Å². The summed E-state index contributed by atoms with van der Waals surface area (Å²) in [5.41, 5.74) is -0.637.